The van der Waals surface area contributed by atoms with Gasteiger partial charge in [0, 0.05) is 0 Å². The molecule has 0 amide bonds. The molecule has 0 aliphatic heterocycles. The highest BCUT2D eigenvalue weighted by Gasteiger charge is 2.18. The van der Waals surface area contributed by atoms with Gasteiger partial charge in [-0.2, -0.15) is 8.42 Å². The van der Waals surface area contributed by atoms with Crippen LogP contribution >= 0.6 is 11.6 Å². The molecule has 6 heteroatoms. The summed E-state index contributed by atoms with van der Waals surface area (Å²) in [5.41, 5.74) is 1.77. The van der Waals surface area contributed by atoms with Crippen LogP contribution in [0.3, 0.4) is 0 Å². The van der Waals surface area contributed by atoms with E-state index in [9.17, 15) is 8.42 Å². The minimum absolute atomic E-state index is 0.0266. The zero-order valence-electron chi connectivity index (χ0n) is 12.0. The second-order valence-corrected chi connectivity index (χ2v) is 6.97. The Balaban J connectivity index is 2.36. The third-order valence-corrected chi connectivity index (χ3v) is 4.51. The molecule has 1 aromatic carbocycles. The van der Waals surface area contributed by atoms with Crippen LogP contribution in [0.4, 0.5) is 0 Å². The molecule has 0 saturated carbocycles. The molecule has 4 nitrogen and oxygen atoms in total. The van der Waals surface area contributed by atoms with Gasteiger partial charge < -0.3 is 4.18 Å². The predicted molar refractivity (Wildman–Crippen MR) is 82.3 cm³/mol. The van der Waals surface area contributed by atoms with Gasteiger partial charge >= 0.3 is 10.1 Å². The highest BCUT2D eigenvalue weighted by atomic mass is 35.5. The summed E-state index contributed by atoms with van der Waals surface area (Å²) >= 11 is 5.66. The molecule has 0 atom stereocenters. The Labute approximate surface area is 129 Å². The van der Waals surface area contributed by atoms with E-state index < -0.39 is 10.1 Å². The first-order valence-corrected chi connectivity index (χ1v) is 8.25. The van der Waals surface area contributed by atoms with E-state index in [1.807, 2.05) is 26.0 Å². The Bertz CT molecular complexity index is 740. The van der Waals surface area contributed by atoms with Crippen molar-refractivity contribution in [2.24, 2.45) is 0 Å². The molecule has 1 heterocycles. The molecule has 0 bridgehead atoms. The van der Waals surface area contributed by atoms with Crippen molar-refractivity contribution in [1.82, 2.24) is 4.98 Å². The van der Waals surface area contributed by atoms with Gasteiger partial charge in [0.1, 0.15) is 15.8 Å². The van der Waals surface area contributed by atoms with Crippen molar-refractivity contribution in [2.75, 3.05) is 0 Å². The first-order valence-electron chi connectivity index (χ1n) is 6.46. The number of rotatable bonds is 4. The number of benzene rings is 1. The molecule has 0 saturated heterocycles. The molecule has 0 unspecified atom stereocenters. The lowest BCUT2D eigenvalue weighted by atomic mass is 10.0. The highest BCUT2D eigenvalue weighted by molar-refractivity contribution is 7.87. The summed E-state index contributed by atoms with van der Waals surface area (Å²) < 4.78 is 29.7. The van der Waals surface area contributed by atoms with Crippen LogP contribution in [-0.4, -0.2) is 13.4 Å². The maximum Gasteiger partial charge on any atom is 0.340 e. The summed E-state index contributed by atoms with van der Waals surface area (Å²) in [5.74, 6) is 0.615. The van der Waals surface area contributed by atoms with E-state index in [0.29, 0.717) is 5.75 Å². The molecule has 0 aliphatic carbocycles. The average Bonchev–Trinajstić information content (AvgIpc) is 2.41. The number of pyridine rings is 1. The van der Waals surface area contributed by atoms with Crippen molar-refractivity contribution in [1.29, 1.82) is 0 Å². The van der Waals surface area contributed by atoms with Crippen molar-refractivity contribution >= 4 is 21.7 Å². The second-order valence-electron chi connectivity index (χ2n) is 5.03. The van der Waals surface area contributed by atoms with Crippen LogP contribution < -0.4 is 4.18 Å². The minimum Gasteiger partial charge on any atom is -0.379 e. The Morgan fingerprint density at radius 2 is 1.90 bits per heavy atom. The van der Waals surface area contributed by atoms with Crippen LogP contribution in [0.2, 0.25) is 5.15 Å². The maximum atomic E-state index is 12.2. The highest BCUT2D eigenvalue weighted by Crippen LogP contribution is 2.27. The van der Waals surface area contributed by atoms with Crippen molar-refractivity contribution in [3.8, 4) is 5.75 Å². The van der Waals surface area contributed by atoms with Crippen molar-refractivity contribution in [3.63, 3.8) is 0 Å². The molecule has 21 heavy (non-hydrogen) atoms. The topological polar surface area (TPSA) is 56.3 Å². The SMILES string of the molecule is Cc1ccc(C(C)C)cc1OS(=O)(=O)c1ccc(Cl)nc1. The molecular formula is C15H16ClNO3S. The van der Waals surface area contributed by atoms with E-state index in [1.54, 1.807) is 13.0 Å². The molecule has 2 rings (SSSR count). The van der Waals surface area contributed by atoms with Crippen LogP contribution in [0.5, 0.6) is 5.75 Å². The summed E-state index contributed by atoms with van der Waals surface area (Å²) in [4.78, 5) is 3.73. The molecule has 2 aromatic rings. The largest absolute Gasteiger partial charge is 0.379 e. The van der Waals surface area contributed by atoms with Gasteiger partial charge in [-0.15, -0.1) is 0 Å². The zero-order chi connectivity index (χ0) is 15.6. The van der Waals surface area contributed by atoms with Crippen molar-refractivity contribution in [2.45, 2.75) is 31.6 Å². The molecule has 1 aromatic heterocycles. The van der Waals surface area contributed by atoms with Gasteiger partial charge in [0.15, 0.2) is 0 Å². The van der Waals surface area contributed by atoms with Crippen LogP contribution in [0, 0.1) is 6.92 Å². The second kappa shape index (κ2) is 6.03. The average molecular weight is 326 g/mol. The lowest BCUT2D eigenvalue weighted by molar-refractivity contribution is 0.483. The number of nitrogens with zero attached hydrogens (tertiary/aromatic N) is 1. The summed E-state index contributed by atoms with van der Waals surface area (Å²) in [6, 6.07) is 8.34. The summed E-state index contributed by atoms with van der Waals surface area (Å²) in [7, 11) is -3.92. The Hall–Kier alpha value is -1.59. The van der Waals surface area contributed by atoms with E-state index in [2.05, 4.69) is 4.98 Å². The van der Waals surface area contributed by atoms with Gasteiger partial charge in [0.2, 0.25) is 0 Å². The summed E-state index contributed by atoms with van der Waals surface area (Å²) in [6.45, 7) is 5.87. The van der Waals surface area contributed by atoms with Gasteiger partial charge in [0.25, 0.3) is 0 Å². The van der Waals surface area contributed by atoms with Crippen molar-refractivity contribution in [3.05, 3.63) is 52.8 Å². The maximum absolute atomic E-state index is 12.2. The van der Waals surface area contributed by atoms with Crippen LogP contribution in [-0.2, 0) is 10.1 Å². The minimum atomic E-state index is -3.92. The molecule has 0 aliphatic rings. The third kappa shape index (κ3) is 3.74. The molecular weight excluding hydrogens is 310 g/mol. The fraction of sp³-hybridized carbons (Fsp3) is 0.267. The van der Waals surface area contributed by atoms with Gasteiger partial charge in [-0.25, -0.2) is 4.98 Å². The van der Waals surface area contributed by atoms with Gasteiger partial charge in [-0.3, -0.25) is 0 Å². The number of halogens is 1. The predicted octanol–water partition coefficient (Wildman–Crippen LogP) is 3.93. The first-order chi connectivity index (χ1) is 9.79. The van der Waals surface area contributed by atoms with Crippen molar-refractivity contribution < 1.29 is 12.6 Å². The molecule has 0 spiro atoms. The Morgan fingerprint density at radius 3 is 2.48 bits per heavy atom. The van der Waals surface area contributed by atoms with Crippen LogP contribution in [0.15, 0.2) is 41.4 Å². The molecule has 0 radical (unpaired) electrons. The molecule has 0 fully saturated rings. The molecule has 0 N–H and O–H groups in total. The number of aromatic nitrogens is 1. The fourth-order valence-electron chi connectivity index (χ4n) is 1.74. The normalized spacial score (nSPS) is 11.7. The summed E-state index contributed by atoms with van der Waals surface area (Å²) in [6.07, 6.45) is 1.18. The fourth-order valence-corrected chi connectivity index (χ4v) is 2.78. The van der Waals surface area contributed by atoms with E-state index in [1.165, 1.54) is 18.3 Å². The number of hydrogen-bond acceptors (Lipinski definition) is 4. The first kappa shape index (κ1) is 15.8. The van der Waals surface area contributed by atoms with Crippen LogP contribution in [0.25, 0.3) is 0 Å². The number of aryl methyl sites for hydroxylation is 1. The lowest BCUT2D eigenvalue weighted by Gasteiger charge is -2.12. The van der Waals surface area contributed by atoms with E-state index in [4.69, 9.17) is 15.8 Å². The van der Waals surface area contributed by atoms with Gasteiger partial charge in [-0.1, -0.05) is 37.6 Å². The molecule has 112 valence electrons. The third-order valence-electron chi connectivity index (χ3n) is 3.07. The van der Waals surface area contributed by atoms with Gasteiger partial charge in [0.05, 0.1) is 6.20 Å². The lowest BCUT2D eigenvalue weighted by Crippen LogP contribution is -2.11. The van der Waals surface area contributed by atoms with E-state index in [-0.39, 0.29) is 16.0 Å². The Kier molecular flexibility index (Phi) is 4.54. The summed E-state index contributed by atoms with van der Waals surface area (Å²) in [5, 5.41) is 0.229. The zero-order valence-corrected chi connectivity index (χ0v) is 13.6. The van der Waals surface area contributed by atoms with Crippen LogP contribution in [0.1, 0.15) is 30.9 Å². The van der Waals surface area contributed by atoms with Gasteiger partial charge in [-0.05, 0) is 42.2 Å². The smallest absolute Gasteiger partial charge is 0.340 e. The monoisotopic (exact) mass is 325 g/mol. The Morgan fingerprint density at radius 1 is 1.19 bits per heavy atom. The standard InChI is InChI=1S/C15H16ClNO3S/c1-10(2)12-5-4-11(3)14(8-12)20-21(18,19)13-6-7-15(16)17-9-13/h4-10H,1-3H3. The van der Waals surface area contributed by atoms with E-state index in [0.717, 1.165) is 11.1 Å². The number of hydrogen-bond donors (Lipinski definition) is 0. The van der Waals surface area contributed by atoms with E-state index >= 15 is 0 Å². The quantitative estimate of drug-likeness (QED) is 0.631.